The number of benzene rings is 1. The Morgan fingerprint density at radius 2 is 1.88 bits per heavy atom. The Kier molecular flexibility index (Phi) is 8.63. The number of carboxylic acids is 1. The van der Waals surface area contributed by atoms with Gasteiger partial charge < -0.3 is 25.4 Å². The second kappa shape index (κ2) is 11.0. The van der Waals surface area contributed by atoms with E-state index in [1.165, 1.54) is 18.7 Å². The fourth-order valence-corrected chi connectivity index (χ4v) is 3.66. The van der Waals surface area contributed by atoms with Crippen LogP contribution in [0.2, 0.25) is 0 Å². The molecule has 32 heavy (non-hydrogen) atoms. The van der Waals surface area contributed by atoms with Crippen molar-refractivity contribution in [2.45, 2.75) is 71.2 Å². The minimum absolute atomic E-state index is 0.0665. The van der Waals surface area contributed by atoms with Crippen LogP contribution < -0.4 is 10.6 Å². The summed E-state index contributed by atoms with van der Waals surface area (Å²) >= 11 is 0. The van der Waals surface area contributed by atoms with Crippen molar-refractivity contribution >= 4 is 23.9 Å². The fourth-order valence-electron chi connectivity index (χ4n) is 3.66. The fraction of sp³-hybridized carbons (Fsp3) is 0.565. The lowest BCUT2D eigenvalue weighted by atomic mass is 9.96. The summed E-state index contributed by atoms with van der Waals surface area (Å²) in [5.74, 6) is -2.27. The highest BCUT2D eigenvalue weighted by molar-refractivity contribution is 5.95. The molecule has 3 N–H and O–H groups in total. The number of ether oxygens (including phenoxy) is 1. The summed E-state index contributed by atoms with van der Waals surface area (Å²) in [4.78, 5) is 51.1. The third kappa shape index (κ3) is 6.45. The van der Waals surface area contributed by atoms with E-state index < -0.39 is 41.5 Å². The molecule has 0 bridgehead atoms. The van der Waals surface area contributed by atoms with E-state index in [9.17, 15) is 24.3 Å². The Morgan fingerprint density at radius 1 is 1.22 bits per heavy atom. The summed E-state index contributed by atoms with van der Waals surface area (Å²) < 4.78 is 5.23. The van der Waals surface area contributed by atoms with E-state index in [0.717, 1.165) is 5.56 Å². The van der Waals surface area contributed by atoms with Crippen LogP contribution in [0.15, 0.2) is 30.3 Å². The lowest BCUT2D eigenvalue weighted by Crippen LogP contribution is -2.62. The van der Waals surface area contributed by atoms with Gasteiger partial charge in [0.1, 0.15) is 24.2 Å². The summed E-state index contributed by atoms with van der Waals surface area (Å²) in [7, 11) is 0. The van der Waals surface area contributed by atoms with Gasteiger partial charge in [-0.2, -0.15) is 0 Å². The van der Waals surface area contributed by atoms with Crippen molar-refractivity contribution in [3.05, 3.63) is 35.9 Å². The SMILES string of the molecule is CC[C@H](C)[C@H](NC(=O)OCc1ccccc1)C(=O)NC(C)(C)C(=O)N1CCC[C@H]1C(=O)O. The molecule has 9 nitrogen and oxygen atoms in total. The number of nitrogens with zero attached hydrogens (tertiary/aromatic N) is 1. The molecule has 2 rings (SSSR count). The Morgan fingerprint density at radius 3 is 2.47 bits per heavy atom. The van der Waals surface area contributed by atoms with Gasteiger partial charge in [-0.3, -0.25) is 9.59 Å². The lowest BCUT2D eigenvalue weighted by molar-refractivity contribution is -0.151. The first-order valence-electron chi connectivity index (χ1n) is 10.9. The minimum Gasteiger partial charge on any atom is -0.480 e. The molecule has 176 valence electrons. The molecule has 0 aliphatic carbocycles. The maximum Gasteiger partial charge on any atom is 0.408 e. The molecular weight excluding hydrogens is 414 g/mol. The largest absolute Gasteiger partial charge is 0.480 e. The summed E-state index contributed by atoms with van der Waals surface area (Å²) in [6.45, 7) is 7.17. The second-order valence-corrected chi connectivity index (χ2v) is 8.68. The summed E-state index contributed by atoms with van der Waals surface area (Å²) in [6, 6.07) is 7.36. The Balaban J connectivity index is 2.03. The third-order valence-electron chi connectivity index (χ3n) is 5.75. The molecule has 1 saturated heterocycles. The van der Waals surface area contributed by atoms with Crippen molar-refractivity contribution in [3.8, 4) is 0 Å². The van der Waals surface area contributed by atoms with Crippen molar-refractivity contribution in [3.63, 3.8) is 0 Å². The number of carboxylic acid groups (broad SMARTS) is 1. The number of hydrogen-bond acceptors (Lipinski definition) is 5. The molecule has 1 aromatic carbocycles. The standard InChI is InChI=1S/C23H33N3O6/c1-5-15(2)18(24-22(31)32-14-16-10-7-6-8-11-16)19(27)25-23(3,4)21(30)26-13-9-12-17(26)20(28)29/h6-8,10-11,15,17-18H,5,9,12-14H2,1-4H3,(H,24,31)(H,25,27)(H,28,29)/t15-,17-,18-/m0/s1. The van der Waals surface area contributed by atoms with Crippen LogP contribution in [-0.4, -0.2) is 58.1 Å². The Hall–Kier alpha value is -3.10. The van der Waals surface area contributed by atoms with Crippen LogP contribution in [0.1, 0.15) is 52.5 Å². The highest BCUT2D eigenvalue weighted by Gasteiger charge is 2.42. The van der Waals surface area contributed by atoms with Gasteiger partial charge >= 0.3 is 12.1 Å². The number of aliphatic carboxylic acids is 1. The van der Waals surface area contributed by atoms with Crippen LogP contribution in [-0.2, 0) is 25.7 Å². The van der Waals surface area contributed by atoms with Crippen LogP contribution in [0.5, 0.6) is 0 Å². The molecule has 0 unspecified atom stereocenters. The average molecular weight is 448 g/mol. The van der Waals surface area contributed by atoms with Gasteiger partial charge in [0.25, 0.3) is 0 Å². The normalized spacial score (nSPS) is 17.9. The maximum absolute atomic E-state index is 13.0. The van der Waals surface area contributed by atoms with E-state index in [1.807, 2.05) is 44.2 Å². The van der Waals surface area contributed by atoms with Crippen molar-refractivity contribution in [1.29, 1.82) is 0 Å². The zero-order valence-electron chi connectivity index (χ0n) is 19.1. The van der Waals surface area contributed by atoms with Crippen LogP contribution in [0.4, 0.5) is 4.79 Å². The lowest BCUT2D eigenvalue weighted by Gasteiger charge is -2.34. The first-order chi connectivity index (χ1) is 15.1. The smallest absolute Gasteiger partial charge is 0.408 e. The summed E-state index contributed by atoms with van der Waals surface area (Å²) in [5, 5.41) is 14.7. The van der Waals surface area contributed by atoms with E-state index in [0.29, 0.717) is 25.8 Å². The van der Waals surface area contributed by atoms with Crippen molar-refractivity contribution < 1.29 is 29.0 Å². The van der Waals surface area contributed by atoms with Gasteiger partial charge in [-0.1, -0.05) is 50.6 Å². The third-order valence-corrected chi connectivity index (χ3v) is 5.75. The van der Waals surface area contributed by atoms with Gasteiger partial charge in [0, 0.05) is 6.54 Å². The molecule has 0 saturated carbocycles. The topological polar surface area (TPSA) is 125 Å². The zero-order valence-corrected chi connectivity index (χ0v) is 19.1. The molecule has 3 atom stereocenters. The quantitative estimate of drug-likeness (QED) is 0.533. The predicted octanol–water partition coefficient (Wildman–Crippen LogP) is 2.30. The van der Waals surface area contributed by atoms with E-state index in [1.54, 1.807) is 0 Å². The van der Waals surface area contributed by atoms with Gasteiger partial charge in [0.2, 0.25) is 11.8 Å². The first-order valence-corrected chi connectivity index (χ1v) is 10.9. The number of carbonyl (C=O) groups excluding carboxylic acids is 3. The molecule has 9 heteroatoms. The Labute approximate surface area is 188 Å². The van der Waals surface area contributed by atoms with Gasteiger partial charge in [0.05, 0.1) is 0 Å². The van der Waals surface area contributed by atoms with Gasteiger partial charge in [-0.25, -0.2) is 9.59 Å². The molecule has 1 aliphatic rings. The zero-order chi connectivity index (χ0) is 23.9. The van der Waals surface area contributed by atoms with E-state index >= 15 is 0 Å². The Bertz CT molecular complexity index is 826. The average Bonchev–Trinajstić information content (AvgIpc) is 3.25. The van der Waals surface area contributed by atoms with Crippen LogP contribution in [0.3, 0.4) is 0 Å². The van der Waals surface area contributed by atoms with E-state index in [2.05, 4.69) is 10.6 Å². The highest BCUT2D eigenvalue weighted by Crippen LogP contribution is 2.22. The molecular formula is C23H33N3O6. The molecule has 1 aliphatic heterocycles. The van der Waals surface area contributed by atoms with Crippen molar-refractivity contribution in [1.82, 2.24) is 15.5 Å². The predicted molar refractivity (Wildman–Crippen MR) is 118 cm³/mol. The maximum atomic E-state index is 13.0. The number of carbonyl (C=O) groups is 4. The van der Waals surface area contributed by atoms with Crippen LogP contribution >= 0.6 is 0 Å². The van der Waals surface area contributed by atoms with Crippen molar-refractivity contribution in [2.75, 3.05) is 6.54 Å². The summed E-state index contributed by atoms with van der Waals surface area (Å²) in [5.41, 5.74) is -0.520. The molecule has 1 fully saturated rings. The number of nitrogens with one attached hydrogen (secondary N) is 2. The highest BCUT2D eigenvalue weighted by atomic mass is 16.5. The molecule has 3 amide bonds. The molecule has 0 aromatic heterocycles. The van der Waals surface area contributed by atoms with Gasteiger partial charge in [-0.15, -0.1) is 0 Å². The van der Waals surface area contributed by atoms with Crippen molar-refractivity contribution in [2.24, 2.45) is 5.92 Å². The van der Waals surface area contributed by atoms with E-state index in [-0.39, 0.29) is 12.5 Å². The first kappa shape index (κ1) is 25.2. The number of hydrogen-bond donors (Lipinski definition) is 3. The van der Waals surface area contributed by atoms with Gasteiger partial charge in [0.15, 0.2) is 0 Å². The molecule has 1 heterocycles. The molecule has 0 radical (unpaired) electrons. The number of likely N-dealkylation sites (tertiary alicyclic amines) is 1. The number of amides is 3. The van der Waals surface area contributed by atoms with Crippen LogP contribution in [0, 0.1) is 5.92 Å². The number of alkyl carbamates (subject to hydrolysis) is 1. The minimum atomic E-state index is -1.34. The van der Waals surface area contributed by atoms with Crippen LogP contribution in [0.25, 0.3) is 0 Å². The number of rotatable bonds is 9. The molecule has 0 spiro atoms. The van der Waals surface area contributed by atoms with E-state index in [4.69, 9.17) is 4.74 Å². The molecule has 1 aromatic rings. The monoisotopic (exact) mass is 447 g/mol. The van der Waals surface area contributed by atoms with Gasteiger partial charge in [-0.05, 0) is 38.2 Å². The summed E-state index contributed by atoms with van der Waals surface area (Å²) in [6.07, 6.45) is 0.856. The second-order valence-electron chi connectivity index (χ2n) is 8.68.